The number of carbonyl (C=O) groups is 1. The molecule has 3 heteroatoms. The van der Waals surface area contributed by atoms with Crippen molar-refractivity contribution in [3.63, 3.8) is 0 Å². The molecule has 0 radical (unpaired) electrons. The third kappa shape index (κ3) is 3.09. The topological polar surface area (TPSA) is 29.5 Å². The van der Waals surface area contributed by atoms with E-state index in [1.54, 1.807) is 0 Å². The summed E-state index contributed by atoms with van der Waals surface area (Å²) in [6.07, 6.45) is 3.70. The number of nitrogens with zero attached hydrogens (tertiary/aromatic N) is 1. The summed E-state index contributed by atoms with van der Waals surface area (Å²) in [6, 6.07) is 21.3. The second-order valence-electron chi connectivity index (χ2n) is 7.18. The summed E-state index contributed by atoms with van der Waals surface area (Å²) in [6.45, 7) is 2.28. The van der Waals surface area contributed by atoms with Crippen molar-refractivity contribution >= 4 is 5.91 Å². The van der Waals surface area contributed by atoms with E-state index in [-0.39, 0.29) is 17.4 Å². The monoisotopic (exact) mass is 335 g/mol. The Balaban J connectivity index is 1.70. The molecule has 0 spiro atoms. The van der Waals surface area contributed by atoms with Crippen LogP contribution in [-0.4, -0.2) is 36.6 Å². The highest BCUT2D eigenvalue weighted by Gasteiger charge is 2.41. The molecule has 130 valence electrons. The van der Waals surface area contributed by atoms with Crippen molar-refractivity contribution in [2.24, 2.45) is 0 Å². The van der Waals surface area contributed by atoms with Gasteiger partial charge in [-0.25, -0.2) is 0 Å². The lowest BCUT2D eigenvalue weighted by atomic mass is 9.69. The van der Waals surface area contributed by atoms with E-state index in [0.29, 0.717) is 6.61 Å². The summed E-state index contributed by atoms with van der Waals surface area (Å²) in [5.74, 6) is 0.174. The van der Waals surface area contributed by atoms with Crippen LogP contribution < -0.4 is 0 Å². The van der Waals surface area contributed by atoms with E-state index in [2.05, 4.69) is 60.7 Å². The van der Waals surface area contributed by atoms with Crippen LogP contribution in [0.15, 0.2) is 60.7 Å². The lowest BCUT2D eigenvalue weighted by Gasteiger charge is -2.44. The van der Waals surface area contributed by atoms with E-state index in [1.165, 1.54) is 11.1 Å². The first-order valence-electron chi connectivity index (χ1n) is 9.31. The molecular weight excluding hydrogens is 310 g/mol. The number of likely N-dealkylation sites (tertiary alicyclic amines) is 1. The first-order valence-corrected chi connectivity index (χ1v) is 9.31. The van der Waals surface area contributed by atoms with Crippen molar-refractivity contribution in [2.75, 3.05) is 19.7 Å². The first kappa shape index (κ1) is 16.3. The van der Waals surface area contributed by atoms with Crippen molar-refractivity contribution in [1.82, 2.24) is 4.90 Å². The van der Waals surface area contributed by atoms with Gasteiger partial charge in [-0.05, 0) is 36.8 Å². The summed E-state index contributed by atoms with van der Waals surface area (Å²) in [4.78, 5) is 15.0. The number of benzene rings is 2. The molecule has 2 aliphatic heterocycles. The van der Waals surface area contributed by atoms with Gasteiger partial charge in [0.15, 0.2) is 0 Å². The highest BCUT2D eigenvalue weighted by Crippen LogP contribution is 2.40. The fourth-order valence-corrected chi connectivity index (χ4v) is 4.37. The Kier molecular flexibility index (Phi) is 4.58. The van der Waals surface area contributed by atoms with Crippen LogP contribution in [0.3, 0.4) is 0 Å². The molecule has 0 aliphatic carbocycles. The maximum absolute atomic E-state index is 13.0. The maximum Gasteiger partial charge on any atom is 0.251 e. The molecule has 3 nitrogen and oxygen atoms in total. The molecule has 25 heavy (non-hydrogen) atoms. The zero-order valence-corrected chi connectivity index (χ0v) is 14.6. The van der Waals surface area contributed by atoms with Crippen molar-refractivity contribution in [3.05, 3.63) is 71.8 Å². The molecule has 0 aromatic heterocycles. The number of ether oxygens (including phenoxy) is 1. The normalized spacial score (nSPS) is 22.7. The zero-order valence-electron chi connectivity index (χ0n) is 14.6. The van der Waals surface area contributed by atoms with Crippen molar-refractivity contribution < 1.29 is 9.53 Å². The average molecular weight is 335 g/mol. The van der Waals surface area contributed by atoms with Crippen molar-refractivity contribution in [2.45, 2.75) is 37.2 Å². The highest BCUT2D eigenvalue weighted by atomic mass is 16.5. The molecule has 0 N–H and O–H groups in total. The summed E-state index contributed by atoms with van der Waals surface area (Å²) >= 11 is 0. The van der Waals surface area contributed by atoms with Gasteiger partial charge in [0.25, 0.3) is 5.91 Å². The first-order chi connectivity index (χ1) is 12.3. The van der Waals surface area contributed by atoms with Crippen molar-refractivity contribution in [3.8, 4) is 0 Å². The Morgan fingerprint density at radius 2 is 1.60 bits per heavy atom. The molecule has 2 aromatic rings. The predicted octanol–water partition coefficient (Wildman–Crippen LogP) is 3.77. The van der Waals surface area contributed by atoms with Crippen LogP contribution in [0.4, 0.5) is 0 Å². The molecule has 0 bridgehead atoms. The van der Waals surface area contributed by atoms with Gasteiger partial charge in [0.05, 0.1) is 0 Å². The van der Waals surface area contributed by atoms with E-state index in [0.717, 1.165) is 38.8 Å². The standard InChI is InChI=1S/C22H25NO2/c24-21(20-13-7-16-25-20)23-15-8-14-22(17-23,18-9-3-1-4-10-18)19-11-5-2-6-12-19/h1-6,9-12,20H,7-8,13-17H2/t20-/m0/s1. The molecule has 2 aliphatic rings. The molecule has 1 amide bonds. The minimum atomic E-state index is -0.234. The number of rotatable bonds is 3. The number of carbonyl (C=O) groups excluding carboxylic acids is 1. The molecule has 2 aromatic carbocycles. The van der Waals surface area contributed by atoms with Gasteiger partial charge in [0.2, 0.25) is 0 Å². The van der Waals surface area contributed by atoms with Gasteiger partial charge >= 0.3 is 0 Å². The van der Waals surface area contributed by atoms with Gasteiger partial charge < -0.3 is 9.64 Å². The lowest BCUT2D eigenvalue weighted by molar-refractivity contribution is -0.142. The second kappa shape index (κ2) is 7.01. The Morgan fingerprint density at radius 1 is 0.960 bits per heavy atom. The van der Waals surface area contributed by atoms with Gasteiger partial charge in [-0.3, -0.25) is 4.79 Å². The minimum absolute atomic E-state index is 0.130. The van der Waals surface area contributed by atoms with Crippen LogP contribution in [-0.2, 0) is 14.9 Å². The number of hydrogen-bond acceptors (Lipinski definition) is 2. The third-order valence-electron chi connectivity index (χ3n) is 5.66. The molecule has 2 heterocycles. The van der Waals surface area contributed by atoms with Crippen LogP contribution in [0.2, 0.25) is 0 Å². The lowest BCUT2D eigenvalue weighted by Crippen LogP contribution is -2.51. The summed E-state index contributed by atoms with van der Waals surface area (Å²) in [5.41, 5.74) is 2.46. The largest absolute Gasteiger partial charge is 0.368 e. The highest BCUT2D eigenvalue weighted by molar-refractivity contribution is 5.81. The minimum Gasteiger partial charge on any atom is -0.368 e. The van der Waals surface area contributed by atoms with E-state index >= 15 is 0 Å². The number of amides is 1. The quantitative estimate of drug-likeness (QED) is 0.854. The third-order valence-corrected chi connectivity index (χ3v) is 5.66. The average Bonchev–Trinajstić information content (AvgIpc) is 3.23. The summed E-state index contributed by atoms with van der Waals surface area (Å²) < 4.78 is 5.66. The molecule has 0 saturated carbocycles. The van der Waals surface area contributed by atoms with Crippen LogP contribution in [0.1, 0.15) is 36.8 Å². The zero-order chi connectivity index (χ0) is 17.1. The molecule has 4 rings (SSSR count). The van der Waals surface area contributed by atoms with Gasteiger partial charge in [-0.1, -0.05) is 60.7 Å². The predicted molar refractivity (Wildman–Crippen MR) is 98.5 cm³/mol. The smallest absolute Gasteiger partial charge is 0.251 e. The Labute approximate surface area is 149 Å². The number of hydrogen-bond donors (Lipinski definition) is 0. The van der Waals surface area contributed by atoms with Crippen molar-refractivity contribution in [1.29, 1.82) is 0 Å². The Bertz CT molecular complexity index is 668. The molecule has 2 fully saturated rings. The summed E-state index contributed by atoms with van der Waals surface area (Å²) in [7, 11) is 0. The van der Waals surface area contributed by atoms with Crippen LogP contribution in [0.5, 0.6) is 0 Å². The summed E-state index contributed by atoms with van der Waals surface area (Å²) in [5, 5.41) is 0. The molecule has 0 unspecified atom stereocenters. The number of piperidine rings is 1. The van der Waals surface area contributed by atoms with E-state index in [4.69, 9.17) is 4.74 Å². The van der Waals surface area contributed by atoms with Crippen LogP contribution in [0.25, 0.3) is 0 Å². The fourth-order valence-electron chi connectivity index (χ4n) is 4.37. The SMILES string of the molecule is O=C([C@@H]1CCCO1)N1CCCC(c2ccccc2)(c2ccccc2)C1. The fraction of sp³-hybridized carbons (Fsp3) is 0.409. The van der Waals surface area contributed by atoms with Gasteiger partial charge in [0, 0.05) is 25.1 Å². The van der Waals surface area contributed by atoms with Gasteiger partial charge in [-0.15, -0.1) is 0 Å². The molecular formula is C22H25NO2. The van der Waals surface area contributed by atoms with Gasteiger partial charge in [-0.2, -0.15) is 0 Å². The molecule has 2 saturated heterocycles. The van der Waals surface area contributed by atoms with E-state index < -0.39 is 0 Å². The second-order valence-corrected chi connectivity index (χ2v) is 7.18. The van der Waals surface area contributed by atoms with E-state index in [9.17, 15) is 4.79 Å². The Morgan fingerprint density at radius 3 is 2.16 bits per heavy atom. The van der Waals surface area contributed by atoms with Gasteiger partial charge in [0.1, 0.15) is 6.10 Å². The maximum atomic E-state index is 13.0. The Hall–Kier alpha value is -2.13. The van der Waals surface area contributed by atoms with E-state index in [1.807, 2.05) is 4.90 Å². The molecule has 1 atom stereocenters. The van der Waals surface area contributed by atoms with Crippen LogP contribution in [0, 0.1) is 0 Å². The van der Waals surface area contributed by atoms with Crippen LogP contribution >= 0.6 is 0 Å².